The van der Waals surface area contributed by atoms with Crippen LogP contribution in [0.2, 0.25) is 0 Å². The van der Waals surface area contributed by atoms with Crippen LogP contribution in [0.3, 0.4) is 0 Å². The van der Waals surface area contributed by atoms with Gasteiger partial charge in [-0.1, -0.05) is 122 Å². The highest BCUT2D eigenvalue weighted by atomic mass is 14.4. The smallest absolute Gasteiger partial charge is 0.0303 e. The summed E-state index contributed by atoms with van der Waals surface area (Å²) >= 11 is 0. The van der Waals surface area contributed by atoms with E-state index >= 15 is 0 Å². The van der Waals surface area contributed by atoms with Gasteiger partial charge in [-0.3, -0.25) is 0 Å². The SMILES string of the molecule is CCCC(C)(C)C(C)(C)CCC.CCCC(C)CCC(C)(C)C(C)(C)C. The number of hydrogen-bond acceptors (Lipinski definition) is 0. The third-order valence-corrected chi connectivity index (χ3v) is 7.66. The zero-order valence-corrected chi connectivity index (χ0v) is 21.2. The van der Waals surface area contributed by atoms with E-state index in [9.17, 15) is 0 Å². The Hall–Kier alpha value is 0. The molecule has 0 heterocycles. The molecule has 0 heteroatoms. The van der Waals surface area contributed by atoms with Gasteiger partial charge in [-0.05, 0) is 46.8 Å². The van der Waals surface area contributed by atoms with E-state index in [1.54, 1.807) is 0 Å². The molecular formula is C26H56. The lowest BCUT2D eigenvalue weighted by Crippen LogP contribution is -2.32. The predicted octanol–water partition coefficient (Wildman–Crippen LogP) is 9.91. The van der Waals surface area contributed by atoms with Crippen LogP contribution in [-0.2, 0) is 0 Å². The van der Waals surface area contributed by atoms with E-state index in [-0.39, 0.29) is 0 Å². The molecule has 1 atom stereocenters. The minimum atomic E-state index is 0.429. The summed E-state index contributed by atoms with van der Waals surface area (Å²) in [5.41, 5.74) is 1.89. The van der Waals surface area contributed by atoms with Gasteiger partial charge in [-0.15, -0.1) is 0 Å². The average molecular weight is 369 g/mol. The van der Waals surface area contributed by atoms with Crippen LogP contribution in [-0.4, -0.2) is 0 Å². The lowest BCUT2D eigenvalue weighted by atomic mass is 9.64. The average Bonchev–Trinajstić information content (AvgIpc) is 2.45. The molecule has 0 aromatic heterocycles. The van der Waals surface area contributed by atoms with Crippen LogP contribution in [0, 0.1) is 27.6 Å². The molecule has 26 heavy (non-hydrogen) atoms. The molecule has 0 aliphatic rings. The van der Waals surface area contributed by atoms with Gasteiger partial charge >= 0.3 is 0 Å². The molecule has 0 saturated heterocycles. The summed E-state index contributed by atoms with van der Waals surface area (Å²) in [5.74, 6) is 0.904. The molecule has 0 aromatic rings. The van der Waals surface area contributed by atoms with Crippen molar-refractivity contribution in [3.63, 3.8) is 0 Å². The van der Waals surface area contributed by atoms with Crippen molar-refractivity contribution in [2.45, 2.75) is 141 Å². The minimum absolute atomic E-state index is 0.429. The van der Waals surface area contributed by atoms with Crippen molar-refractivity contribution in [1.29, 1.82) is 0 Å². The van der Waals surface area contributed by atoms with E-state index < -0.39 is 0 Å². The highest BCUT2D eigenvalue weighted by molar-refractivity contribution is 4.85. The fourth-order valence-electron chi connectivity index (χ4n) is 3.55. The maximum Gasteiger partial charge on any atom is -0.0303 e. The molecule has 0 nitrogen and oxygen atoms in total. The Bertz CT molecular complexity index is 322. The molecule has 0 radical (unpaired) electrons. The van der Waals surface area contributed by atoms with E-state index in [2.05, 4.69) is 90.0 Å². The van der Waals surface area contributed by atoms with E-state index in [0.29, 0.717) is 21.7 Å². The molecule has 0 saturated carbocycles. The zero-order chi connectivity index (χ0) is 21.2. The fraction of sp³-hybridized carbons (Fsp3) is 1.00. The Morgan fingerprint density at radius 3 is 1.15 bits per heavy atom. The first kappa shape index (κ1) is 28.2. The predicted molar refractivity (Wildman–Crippen MR) is 124 cm³/mol. The second-order valence-corrected chi connectivity index (χ2v) is 11.8. The molecule has 0 amide bonds. The van der Waals surface area contributed by atoms with Crippen molar-refractivity contribution in [3.8, 4) is 0 Å². The van der Waals surface area contributed by atoms with E-state index in [4.69, 9.17) is 0 Å². The van der Waals surface area contributed by atoms with Crippen LogP contribution in [0.1, 0.15) is 141 Å². The third kappa shape index (κ3) is 10.4. The first-order chi connectivity index (χ1) is 11.6. The molecule has 0 aliphatic heterocycles. The summed E-state index contributed by atoms with van der Waals surface area (Å²) in [6.45, 7) is 30.8. The Labute approximate surface area is 169 Å². The Balaban J connectivity index is 0. The number of hydrogen-bond donors (Lipinski definition) is 0. The van der Waals surface area contributed by atoms with Crippen LogP contribution in [0.15, 0.2) is 0 Å². The van der Waals surface area contributed by atoms with Gasteiger partial charge in [-0.2, -0.15) is 0 Å². The van der Waals surface area contributed by atoms with Gasteiger partial charge in [0.1, 0.15) is 0 Å². The Kier molecular flexibility index (Phi) is 12.8. The van der Waals surface area contributed by atoms with Gasteiger partial charge in [0, 0.05) is 0 Å². The Morgan fingerprint density at radius 2 is 0.885 bits per heavy atom. The summed E-state index contributed by atoms with van der Waals surface area (Å²) in [5, 5.41) is 0. The highest BCUT2D eigenvalue weighted by Crippen LogP contribution is 2.45. The summed E-state index contributed by atoms with van der Waals surface area (Å²) in [7, 11) is 0. The topological polar surface area (TPSA) is 0 Å². The third-order valence-electron chi connectivity index (χ3n) is 7.66. The lowest BCUT2D eigenvalue weighted by molar-refractivity contribution is 0.0863. The van der Waals surface area contributed by atoms with E-state index in [1.165, 1.54) is 51.4 Å². The maximum atomic E-state index is 2.41. The monoisotopic (exact) mass is 368 g/mol. The summed E-state index contributed by atoms with van der Waals surface area (Å²) in [6.07, 6.45) is 10.8. The van der Waals surface area contributed by atoms with Crippen LogP contribution in [0.5, 0.6) is 0 Å². The van der Waals surface area contributed by atoms with Crippen LogP contribution < -0.4 is 0 Å². The highest BCUT2D eigenvalue weighted by Gasteiger charge is 2.35. The van der Waals surface area contributed by atoms with Gasteiger partial charge in [0.2, 0.25) is 0 Å². The van der Waals surface area contributed by atoms with Crippen molar-refractivity contribution in [2.75, 3.05) is 0 Å². The molecule has 0 N–H and O–H groups in total. The first-order valence-electron chi connectivity index (χ1n) is 11.6. The Morgan fingerprint density at radius 1 is 0.500 bits per heavy atom. The lowest BCUT2D eigenvalue weighted by Gasteiger charge is -2.42. The summed E-state index contributed by atoms with van der Waals surface area (Å²) in [4.78, 5) is 0. The van der Waals surface area contributed by atoms with Crippen molar-refractivity contribution >= 4 is 0 Å². The molecule has 1 unspecified atom stereocenters. The maximum absolute atomic E-state index is 2.41. The summed E-state index contributed by atoms with van der Waals surface area (Å²) in [6, 6.07) is 0. The fourth-order valence-corrected chi connectivity index (χ4v) is 3.55. The van der Waals surface area contributed by atoms with Gasteiger partial charge in [0.05, 0.1) is 0 Å². The molecule has 0 aromatic carbocycles. The van der Waals surface area contributed by atoms with Crippen LogP contribution >= 0.6 is 0 Å². The van der Waals surface area contributed by atoms with Crippen LogP contribution in [0.4, 0.5) is 0 Å². The van der Waals surface area contributed by atoms with Crippen LogP contribution in [0.25, 0.3) is 0 Å². The zero-order valence-electron chi connectivity index (χ0n) is 21.2. The summed E-state index contributed by atoms with van der Waals surface area (Å²) < 4.78 is 0. The van der Waals surface area contributed by atoms with Gasteiger partial charge < -0.3 is 0 Å². The molecule has 0 spiro atoms. The quantitative estimate of drug-likeness (QED) is 0.360. The van der Waals surface area contributed by atoms with Crippen molar-refractivity contribution in [3.05, 3.63) is 0 Å². The molecule has 0 fully saturated rings. The molecule has 0 bridgehead atoms. The van der Waals surface area contributed by atoms with Crippen molar-refractivity contribution < 1.29 is 0 Å². The van der Waals surface area contributed by atoms with Gasteiger partial charge in [-0.25, -0.2) is 0 Å². The largest absolute Gasteiger partial charge is 0.0654 e. The minimum Gasteiger partial charge on any atom is -0.0654 e. The van der Waals surface area contributed by atoms with Gasteiger partial charge in [0.15, 0.2) is 0 Å². The second-order valence-electron chi connectivity index (χ2n) is 11.8. The molecular weight excluding hydrogens is 312 g/mol. The first-order valence-corrected chi connectivity index (χ1v) is 11.6. The second kappa shape index (κ2) is 11.8. The standard InChI is InChI=1S/C14H30.C12H26/c1-8-9-12(2)10-11-14(6,7)13(3,4)5;1-7-9-11(3,4)12(5,6)10-8-2/h12H,8-11H2,1-7H3;7-10H2,1-6H3. The van der Waals surface area contributed by atoms with E-state index in [0.717, 1.165) is 5.92 Å². The molecule has 0 aliphatic carbocycles. The molecule has 0 rings (SSSR count). The van der Waals surface area contributed by atoms with Crippen molar-refractivity contribution in [1.82, 2.24) is 0 Å². The van der Waals surface area contributed by atoms with Crippen molar-refractivity contribution in [2.24, 2.45) is 27.6 Å². The number of rotatable bonds is 10. The van der Waals surface area contributed by atoms with E-state index in [1.807, 2.05) is 0 Å². The molecule has 160 valence electrons. The van der Waals surface area contributed by atoms with Gasteiger partial charge in [0.25, 0.3) is 0 Å². The normalized spacial score (nSPS) is 14.7.